The molecule has 0 aliphatic rings. The zero-order valence-electron chi connectivity index (χ0n) is 3.67. The van der Waals surface area contributed by atoms with Gasteiger partial charge in [0.1, 0.15) is 0 Å². The van der Waals surface area contributed by atoms with Crippen LogP contribution in [0.3, 0.4) is 0 Å². The molecule has 0 N–H and O–H groups in total. The van der Waals surface area contributed by atoms with Crippen LogP contribution >= 0.6 is 24.8 Å². The molecule has 0 atom stereocenters. The van der Waals surface area contributed by atoms with Crippen molar-refractivity contribution < 1.29 is 4.79 Å². The first-order valence-electron chi connectivity index (χ1n) is 1.15. The first-order valence-corrected chi connectivity index (χ1v) is 1.15. The Balaban J connectivity index is -0.0000000800. The van der Waals surface area contributed by atoms with Crippen LogP contribution in [0.25, 0.3) is 4.85 Å². The fourth-order valence-corrected chi connectivity index (χ4v) is 0. The average Bonchev–Trinajstić information content (AvgIpc) is 1.38. The second kappa shape index (κ2) is 9.22. The van der Waals surface area contributed by atoms with Crippen LogP contribution in [0.4, 0.5) is 0 Å². The van der Waals surface area contributed by atoms with Gasteiger partial charge in [-0.1, -0.05) is 0 Å². The van der Waals surface area contributed by atoms with E-state index in [1.807, 2.05) is 0 Å². The summed E-state index contributed by atoms with van der Waals surface area (Å²) in [4.78, 5) is 12.0. The van der Waals surface area contributed by atoms with Gasteiger partial charge in [-0.05, 0) is 0 Å². The molecule has 0 aliphatic heterocycles. The largest absolute Gasteiger partial charge is 0.352 e. The monoisotopic (exact) mass is 141 g/mol. The summed E-state index contributed by atoms with van der Waals surface area (Å²) in [5, 5.41) is 0. The van der Waals surface area contributed by atoms with E-state index < -0.39 is 5.91 Å². The Kier molecular flexibility index (Phi) is 20.9. The number of halogens is 2. The van der Waals surface area contributed by atoms with Crippen LogP contribution in [0, 0.1) is 6.57 Å². The van der Waals surface area contributed by atoms with Gasteiger partial charge in [0.2, 0.25) is 0 Å². The standard InChI is InChI=1S/C3H3NO.2ClH/c1-3(5)4-2;;/h1H3;2*1H. The third-order valence-electron chi connectivity index (χ3n) is 0.157. The summed E-state index contributed by atoms with van der Waals surface area (Å²) >= 11 is 0. The summed E-state index contributed by atoms with van der Waals surface area (Å²) in [5.74, 6) is -0.454. The van der Waals surface area contributed by atoms with E-state index in [0.717, 1.165) is 0 Å². The zero-order valence-corrected chi connectivity index (χ0v) is 5.30. The minimum absolute atomic E-state index is 0. The summed E-state index contributed by atoms with van der Waals surface area (Å²) in [5.41, 5.74) is 0. The van der Waals surface area contributed by atoms with Gasteiger partial charge in [0.15, 0.2) is 0 Å². The van der Waals surface area contributed by atoms with Crippen molar-refractivity contribution in [2.75, 3.05) is 0 Å². The lowest BCUT2D eigenvalue weighted by atomic mass is 10.8. The van der Waals surface area contributed by atoms with Gasteiger partial charge in [0, 0.05) is 6.92 Å². The predicted molar refractivity (Wildman–Crippen MR) is 31.8 cm³/mol. The molecule has 0 aromatic rings. The van der Waals surface area contributed by atoms with E-state index in [-0.39, 0.29) is 24.8 Å². The van der Waals surface area contributed by atoms with Crippen LogP contribution in [0.15, 0.2) is 0 Å². The normalized spacial score (nSPS) is 4.00. The van der Waals surface area contributed by atoms with Crippen LogP contribution in [0.1, 0.15) is 6.92 Å². The number of amides is 1. The Labute approximate surface area is 54.5 Å². The van der Waals surface area contributed by atoms with E-state index in [2.05, 4.69) is 4.85 Å². The molecular weight excluding hydrogens is 137 g/mol. The first-order chi connectivity index (χ1) is 2.27. The molecule has 42 valence electrons. The highest BCUT2D eigenvalue weighted by Gasteiger charge is 1.75. The highest BCUT2D eigenvalue weighted by molar-refractivity contribution is 5.85. The van der Waals surface area contributed by atoms with Crippen molar-refractivity contribution in [1.82, 2.24) is 0 Å². The van der Waals surface area contributed by atoms with Crippen LogP contribution in [-0.2, 0) is 4.79 Å². The maximum atomic E-state index is 9.46. The van der Waals surface area contributed by atoms with Gasteiger partial charge in [0.25, 0.3) is 0 Å². The number of carbonyl (C=O) groups is 1. The van der Waals surface area contributed by atoms with E-state index in [1.54, 1.807) is 0 Å². The highest BCUT2D eigenvalue weighted by Crippen LogP contribution is 1.61. The number of rotatable bonds is 0. The minimum atomic E-state index is -0.454. The van der Waals surface area contributed by atoms with Crippen LogP contribution in [-0.4, -0.2) is 5.91 Å². The second-order valence-corrected chi connectivity index (χ2v) is 0.631. The summed E-state index contributed by atoms with van der Waals surface area (Å²) < 4.78 is 0. The summed E-state index contributed by atoms with van der Waals surface area (Å²) in [6.07, 6.45) is 0. The van der Waals surface area contributed by atoms with Gasteiger partial charge in [-0.2, -0.15) is 4.85 Å². The molecule has 0 aromatic heterocycles. The van der Waals surface area contributed by atoms with Crippen molar-refractivity contribution in [3.63, 3.8) is 0 Å². The fraction of sp³-hybridized carbons (Fsp3) is 0.333. The molecule has 0 spiro atoms. The molecule has 0 saturated heterocycles. The molecule has 2 nitrogen and oxygen atoms in total. The van der Waals surface area contributed by atoms with E-state index in [0.29, 0.717) is 0 Å². The molecule has 0 fully saturated rings. The van der Waals surface area contributed by atoms with Crippen molar-refractivity contribution in [3.05, 3.63) is 11.4 Å². The Morgan fingerprint density at radius 3 is 1.71 bits per heavy atom. The van der Waals surface area contributed by atoms with Crippen LogP contribution in [0.2, 0.25) is 0 Å². The number of hydrogen-bond acceptors (Lipinski definition) is 1. The summed E-state index contributed by atoms with van der Waals surface area (Å²) in [6, 6.07) is 0. The van der Waals surface area contributed by atoms with Gasteiger partial charge >= 0.3 is 5.91 Å². The second-order valence-electron chi connectivity index (χ2n) is 0.631. The quantitative estimate of drug-likeness (QED) is 0.467. The van der Waals surface area contributed by atoms with Crippen molar-refractivity contribution in [2.24, 2.45) is 0 Å². The number of carbonyl (C=O) groups excluding carboxylic acids is 1. The molecule has 0 aliphatic carbocycles. The van der Waals surface area contributed by atoms with E-state index in [4.69, 9.17) is 6.57 Å². The van der Waals surface area contributed by atoms with E-state index in [9.17, 15) is 4.79 Å². The first kappa shape index (κ1) is 15.9. The maximum Gasteiger partial charge on any atom is 0.352 e. The Morgan fingerprint density at radius 2 is 1.71 bits per heavy atom. The Morgan fingerprint density at radius 1 is 1.57 bits per heavy atom. The summed E-state index contributed by atoms with van der Waals surface area (Å²) in [6.45, 7) is 7.16. The lowest BCUT2D eigenvalue weighted by Gasteiger charge is -1.55. The van der Waals surface area contributed by atoms with Gasteiger partial charge in [0.05, 0.1) is 6.57 Å². The molecule has 0 unspecified atom stereocenters. The Hall–Kier alpha value is -0.260. The fourth-order valence-electron chi connectivity index (χ4n) is 0. The topological polar surface area (TPSA) is 21.4 Å². The molecular formula is C3H5Cl2NO. The SMILES string of the molecule is Cl.Cl.[C-]#[N+]C(C)=O. The third-order valence-corrected chi connectivity index (χ3v) is 0.157. The van der Waals surface area contributed by atoms with Crippen molar-refractivity contribution >= 4 is 30.7 Å². The van der Waals surface area contributed by atoms with Crippen LogP contribution in [0.5, 0.6) is 0 Å². The molecule has 0 bridgehead atoms. The molecule has 4 heteroatoms. The minimum Gasteiger partial charge on any atom is -0.316 e. The molecule has 0 heterocycles. The Bertz CT molecular complexity index is 85.4. The molecule has 1 amide bonds. The lowest BCUT2D eigenvalue weighted by molar-refractivity contribution is -0.112. The summed E-state index contributed by atoms with van der Waals surface area (Å²) in [7, 11) is 0. The predicted octanol–water partition coefficient (Wildman–Crippen LogP) is 1.30. The molecule has 0 radical (unpaired) electrons. The van der Waals surface area contributed by atoms with Crippen molar-refractivity contribution in [1.29, 1.82) is 0 Å². The van der Waals surface area contributed by atoms with Gasteiger partial charge < -0.3 is 4.79 Å². The van der Waals surface area contributed by atoms with Crippen molar-refractivity contribution in [2.45, 2.75) is 6.92 Å². The number of nitrogens with zero attached hydrogens (tertiary/aromatic N) is 1. The molecule has 0 rings (SSSR count). The molecule has 0 saturated carbocycles. The van der Waals surface area contributed by atoms with E-state index in [1.165, 1.54) is 6.92 Å². The highest BCUT2D eigenvalue weighted by atomic mass is 35.5. The van der Waals surface area contributed by atoms with Gasteiger partial charge in [-0.3, -0.25) is 0 Å². The van der Waals surface area contributed by atoms with Gasteiger partial charge in [-0.25, -0.2) is 0 Å². The maximum absolute atomic E-state index is 9.46. The van der Waals surface area contributed by atoms with Crippen LogP contribution < -0.4 is 0 Å². The third kappa shape index (κ3) is 26.5. The number of hydrogen-bond donors (Lipinski definition) is 0. The lowest BCUT2D eigenvalue weighted by Crippen LogP contribution is -1.70. The zero-order chi connectivity index (χ0) is 4.28. The van der Waals surface area contributed by atoms with Gasteiger partial charge in [-0.15, -0.1) is 24.8 Å². The van der Waals surface area contributed by atoms with E-state index >= 15 is 0 Å². The molecule has 0 aromatic carbocycles. The van der Waals surface area contributed by atoms with Crippen molar-refractivity contribution in [3.8, 4) is 0 Å². The smallest absolute Gasteiger partial charge is 0.316 e. The molecule has 7 heavy (non-hydrogen) atoms. The average molecular weight is 142 g/mol.